The van der Waals surface area contributed by atoms with Gasteiger partial charge in [-0.15, -0.1) is 0 Å². The molecule has 1 aromatic rings. The van der Waals surface area contributed by atoms with E-state index in [4.69, 9.17) is 11.6 Å². The first kappa shape index (κ1) is 9.49. The van der Waals surface area contributed by atoms with E-state index < -0.39 is 0 Å². The van der Waals surface area contributed by atoms with Crippen molar-refractivity contribution in [3.05, 3.63) is 34.6 Å². The second-order valence-corrected chi connectivity index (χ2v) is 2.97. The monoisotopic (exact) mass is 187 g/mol. The van der Waals surface area contributed by atoms with E-state index in [0.717, 1.165) is 6.54 Å². The molecule has 0 aromatic heterocycles. The zero-order chi connectivity index (χ0) is 8.97. The van der Waals surface area contributed by atoms with Crippen LogP contribution in [-0.2, 0) is 6.42 Å². The summed E-state index contributed by atoms with van der Waals surface area (Å²) in [6, 6.07) is 5.06. The van der Waals surface area contributed by atoms with Gasteiger partial charge >= 0.3 is 0 Å². The third-order valence-electron chi connectivity index (χ3n) is 1.68. The highest BCUT2D eigenvalue weighted by Gasteiger charge is 2.04. The van der Waals surface area contributed by atoms with E-state index in [9.17, 15) is 4.39 Å². The minimum absolute atomic E-state index is 0.198. The lowest BCUT2D eigenvalue weighted by molar-refractivity contribution is 0.605. The van der Waals surface area contributed by atoms with Gasteiger partial charge < -0.3 is 5.32 Å². The molecule has 0 radical (unpaired) electrons. The fraction of sp³-hybridized carbons (Fsp3) is 0.333. The van der Waals surface area contributed by atoms with E-state index in [0.29, 0.717) is 12.0 Å². The molecule has 0 fully saturated rings. The highest BCUT2D eigenvalue weighted by atomic mass is 35.5. The Hall–Kier alpha value is -0.600. The standard InChI is InChI=1S/C9H11ClFN/c1-12-6-5-7-3-2-4-8(10)9(7)11/h2-4,12H,5-6H2,1H3. The zero-order valence-corrected chi connectivity index (χ0v) is 7.66. The van der Waals surface area contributed by atoms with Gasteiger partial charge in [0.05, 0.1) is 5.02 Å². The summed E-state index contributed by atoms with van der Waals surface area (Å²) in [7, 11) is 1.84. The molecule has 1 rings (SSSR count). The molecule has 0 unspecified atom stereocenters. The fourth-order valence-corrected chi connectivity index (χ4v) is 1.20. The Morgan fingerprint density at radius 3 is 2.92 bits per heavy atom. The van der Waals surface area contributed by atoms with Gasteiger partial charge in [-0.25, -0.2) is 4.39 Å². The summed E-state index contributed by atoms with van der Waals surface area (Å²) in [5, 5.41) is 3.15. The lowest BCUT2D eigenvalue weighted by Gasteiger charge is -2.02. The molecule has 1 aromatic carbocycles. The molecule has 0 atom stereocenters. The lowest BCUT2D eigenvalue weighted by Crippen LogP contribution is -2.11. The van der Waals surface area contributed by atoms with Gasteiger partial charge in [0, 0.05) is 0 Å². The summed E-state index contributed by atoms with van der Waals surface area (Å²) in [6.07, 6.45) is 0.670. The highest BCUT2D eigenvalue weighted by molar-refractivity contribution is 6.30. The summed E-state index contributed by atoms with van der Waals surface area (Å²) in [5.74, 6) is -0.297. The van der Waals surface area contributed by atoms with Gasteiger partial charge in [-0.2, -0.15) is 0 Å². The van der Waals surface area contributed by atoms with E-state index in [1.54, 1.807) is 18.2 Å². The van der Waals surface area contributed by atoms with E-state index in [-0.39, 0.29) is 10.8 Å². The largest absolute Gasteiger partial charge is 0.319 e. The van der Waals surface area contributed by atoms with Crippen molar-refractivity contribution in [2.75, 3.05) is 13.6 Å². The Morgan fingerprint density at radius 1 is 1.50 bits per heavy atom. The summed E-state index contributed by atoms with van der Waals surface area (Å²) in [4.78, 5) is 0. The molecule has 0 bridgehead atoms. The highest BCUT2D eigenvalue weighted by Crippen LogP contribution is 2.17. The SMILES string of the molecule is CNCCc1cccc(Cl)c1F. The molecule has 0 spiro atoms. The van der Waals surface area contributed by atoms with Gasteiger partial charge in [-0.05, 0) is 31.6 Å². The Bertz CT molecular complexity index is 263. The van der Waals surface area contributed by atoms with Crippen LogP contribution in [0.2, 0.25) is 5.02 Å². The normalized spacial score (nSPS) is 10.2. The molecule has 66 valence electrons. The van der Waals surface area contributed by atoms with Crippen LogP contribution in [0, 0.1) is 5.82 Å². The predicted molar refractivity (Wildman–Crippen MR) is 49.0 cm³/mol. The molecular formula is C9H11ClFN. The van der Waals surface area contributed by atoms with Crippen LogP contribution in [0.15, 0.2) is 18.2 Å². The van der Waals surface area contributed by atoms with Crippen LogP contribution >= 0.6 is 11.6 Å². The average Bonchev–Trinajstić information content (AvgIpc) is 2.08. The van der Waals surface area contributed by atoms with Crippen molar-refractivity contribution in [3.63, 3.8) is 0 Å². The second kappa shape index (κ2) is 4.43. The van der Waals surface area contributed by atoms with Crippen LogP contribution < -0.4 is 5.32 Å². The first-order chi connectivity index (χ1) is 5.75. The Kier molecular flexibility index (Phi) is 3.50. The van der Waals surface area contributed by atoms with E-state index in [1.165, 1.54) is 0 Å². The van der Waals surface area contributed by atoms with Crippen LogP contribution in [0.3, 0.4) is 0 Å². The molecule has 12 heavy (non-hydrogen) atoms. The molecule has 1 nitrogen and oxygen atoms in total. The second-order valence-electron chi connectivity index (χ2n) is 2.57. The van der Waals surface area contributed by atoms with Crippen molar-refractivity contribution in [2.24, 2.45) is 0 Å². The van der Waals surface area contributed by atoms with Gasteiger partial charge in [0.1, 0.15) is 5.82 Å². The van der Waals surface area contributed by atoms with Crippen molar-refractivity contribution >= 4 is 11.6 Å². The minimum Gasteiger partial charge on any atom is -0.319 e. The number of hydrogen-bond donors (Lipinski definition) is 1. The Morgan fingerprint density at radius 2 is 2.25 bits per heavy atom. The van der Waals surface area contributed by atoms with Crippen LogP contribution in [0.4, 0.5) is 4.39 Å². The van der Waals surface area contributed by atoms with Gasteiger partial charge in [0.25, 0.3) is 0 Å². The number of nitrogens with one attached hydrogen (secondary N) is 1. The Labute approximate surface area is 76.5 Å². The number of likely N-dealkylation sites (N-methyl/N-ethyl adjacent to an activating group) is 1. The van der Waals surface area contributed by atoms with Gasteiger partial charge in [-0.3, -0.25) is 0 Å². The third kappa shape index (κ3) is 2.19. The first-order valence-corrected chi connectivity index (χ1v) is 4.21. The maximum atomic E-state index is 13.2. The van der Waals surface area contributed by atoms with Crippen molar-refractivity contribution in [1.29, 1.82) is 0 Å². The fourth-order valence-electron chi connectivity index (χ4n) is 1.00. The number of rotatable bonds is 3. The predicted octanol–water partition coefficient (Wildman–Crippen LogP) is 2.24. The number of halogens is 2. The quantitative estimate of drug-likeness (QED) is 0.766. The van der Waals surface area contributed by atoms with Crippen LogP contribution in [-0.4, -0.2) is 13.6 Å². The summed E-state index contributed by atoms with van der Waals surface area (Å²) < 4.78 is 13.2. The molecule has 1 N–H and O–H groups in total. The van der Waals surface area contributed by atoms with Crippen LogP contribution in [0.5, 0.6) is 0 Å². The maximum absolute atomic E-state index is 13.2. The molecule has 0 aliphatic rings. The third-order valence-corrected chi connectivity index (χ3v) is 1.97. The number of benzene rings is 1. The molecule has 0 aliphatic carbocycles. The molecule has 3 heteroatoms. The van der Waals surface area contributed by atoms with Crippen molar-refractivity contribution in [1.82, 2.24) is 5.32 Å². The van der Waals surface area contributed by atoms with Gasteiger partial charge in [0.2, 0.25) is 0 Å². The molecule has 0 heterocycles. The van der Waals surface area contributed by atoms with E-state index in [2.05, 4.69) is 5.32 Å². The first-order valence-electron chi connectivity index (χ1n) is 3.83. The summed E-state index contributed by atoms with van der Waals surface area (Å²) in [6.45, 7) is 0.761. The van der Waals surface area contributed by atoms with Gasteiger partial charge in [-0.1, -0.05) is 23.7 Å². The molecule has 0 aliphatic heterocycles. The Balaban J connectivity index is 2.78. The smallest absolute Gasteiger partial charge is 0.145 e. The van der Waals surface area contributed by atoms with Gasteiger partial charge in [0.15, 0.2) is 0 Å². The van der Waals surface area contributed by atoms with Crippen molar-refractivity contribution in [3.8, 4) is 0 Å². The van der Waals surface area contributed by atoms with Crippen LogP contribution in [0.25, 0.3) is 0 Å². The average molecular weight is 188 g/mol. The molecule has 0 saturated carbocycles. The van der Waals surface area contributed by atoms with E-state index in [1.807, 2.05) is 7.05 Å². The lowest BCUT2D eigenvalue weighted by atomic mass is 10.1. The summed E-state index contributed by atoms with van der Waals surface area (Å²) in [5.41, 5.74) is 0.664. The van der Waals surface area contributed by atoms with Crippen molar-refractivity contribution in [2.45, 2.75) is 6.42 Å². The van der Waals surface area contributed by atoms with Crippen LogP contribution in [0.1, 0.15) is 5.56 Å². The molecule has 0 amide bonds. The van der Waals surface area contributed by atoms with Crippen molar-refractivity contribution < 1.29 is 4.39 Å². The van der Waals surface area contributed by atoms with E-state index >= 15 is 0 Å². The number of hydrogen-bond acceptors (Lipinski definition) is 1. The summed E-state index contributed by atoms with van der Waals surface area (Å²) >= 11 is 5.60. The zero-order valence-electron chi connectivity index (χ0n) is 6.90. The topological polar surface area (TPSA) is 12.0 Å². The minimum atomic E-state index is -0.297. The maximum Gasteiger partial charge on any atom is 0.145 e. The molecule has 0 saturated heterocycles. The molecular weight excluding hydrogens is 177 g/mol.